The first-order valence-electron chi connectivity index (χ1n) is 14.2. The van der Waals surface area contributed by atoms with Crippen molar-refractivity contribution in [2.75, 3.05) is 0 Å². The van der Waals surface area contributed by atoms with Crippen LogP contribution in [0.3, 0.4) is 0 Å². The Kier molecular flexibility index (Phi) is 16.5. The summed E-state index contributed by atoms with van der Waals surface area (Å²) in [6.07, 6.45) is -80.0. The normalized spacial score (nSPS) is 16.7. The molecule has 0 bridgehead atoms. The largest absolute Gasteiger partial charge is 0.453 e. The van der Waals surface area contributed by atoms with Crippen LogP contribution in [0.15, 0.2) is 23.6 Å². The van der Waals surface area contributed by atoms with Crippen LogP contribution in [0.1, 0.15) is 32.6 Å². The van der Waals surface area contributed by atoms with Gasteiger partial charge in [-0.05, 0) is 6.42 Å². The molecule has 38 heteroatoms. The zero-order valence-electron chi connectivity index (χ0n) is 27.9. The summed E-state index contributed by atoms with van der Waals surface area (Å²) in [5.41, 5.74) is 0. The third kappa shape index (κ3) is 10.4. The number of allylic oxidation sites excluding steroid dienone is 3. The molecule has 0 saturated carbocycles. The van der Waals surface area contributed by atoms with E-state index in [1.807, 2.05) is 0 Å². The Morgan fingerprint density at radius 1 is 0.371 bits per heavy atom. The lowest BCUT2D eigenvalue weighted by atomic mass is 9.96. The number of unbranched alkanes of at least 4 members (excludes halogenated alkanes) is 2. The van der Waals surface area contributed by atoms with E-state index in [0.717, 1.165) is 14.2 Å². The van der Waals surface area contributed by atoms with Gasteiger partial charge in [0.2, 0.25) is 17.5 Å². The maximum atomic E-state index is 13.8. The molecule has 0 radical (unpaired) electrons. The van der Waals surface area contributed by atoms with Crippen LogP contribution in [-0.2, 0) is 18.9 Å². The summed E-state index contributed by atoms with van der Waals surface area (Å²) in [4.78, 5) is 0. The molecule has 370 valence electrons. The number of rotatable bonds is 24. The lowest BCUT2D eigenvalue weighted by molar-refractivity contribution is -0.586. The van der Waals surface area contributed by atoms with Gasteiger partial charge < -0.3 is 0 Å². The SMILES string of the molecule is CCCCCC(F)C(F)(F)C(F)(F)C(F)(F)OC(F)(F)C(F)(F)OC(F)(F)C(F)(F)OC(F)(F)C(F)(F)OC(F)(F)C(F)(F)C(F)(F)C(F)(F)C(F)(F)C(F)=C(F)C(F)=C(F)F. The predicted molar refractivity (Wildman–Crippen MR) is 122 cm³/mol. The van der Waals surface area contributed by atoms with E-state index in [1.165, 1.54) is 11.7 Å². The van der Waals surface area contributed by atoms with E-state index in [0.29, 0.717) is 0 Å². The van der Waals surface area contributed by atoms with Crippen LogP contribution in [0.4, 0.5) is 149 Å². The van der Waals surface area contributed by atoms with Gasteiger partial charge in [-0.1, -0.05) is 26.2 Å². The maximum Gasteiger partial charge on any atom is 0.453 e. The van der Waals surface area contributed by atoms with Gasteiger partial charge in [0.05, 0.1) is 0 Å². The molecule has 0 rings (SSSR count). The number of hydrogen-bond acceptors (Lipinski definition) is 4. The standard InChI is InChI=1S/C24H12F34O4/c1-2-3-4-5-6(25)11(31,32)14(37,38)17(43,44)59-19(47,48)21(51,52)61-23(55,56)24(57,58)62-22(53,54)20(49,50)60-18(45,46)16(41,42)15(39,40)13(35,36)12(33,34)9(28)7(26)8(27)10(29)30/h6H,2-5H2,1H3. The van der Waals surface area contributed by atoms with E-state index in [-0.39, 0.29) is 12.8 Å². The minimum absolute atomic E-state index is 0.0429. The van der Waals surface area contributed by atoms with Gasteiger partial charge in [0, 0.05) is 0 Å². The quantitative estimate of drug-likeness (QED) is 0.0549. The summed E-state index contributed by atoms with van der Waals surface area (Å²) in [5.74, 6) is -65.0. The number of alkyl halides is 29. The first-order valence-corrected chi connectivity index (χ1v) is 14.2. The first-order chi connectivity index (χ1) is 26.7. The van der Waals surface area contributed by atoms with Crippen LogP contribution in [0, 0.1) is 0 Å². The van der Waals surface area contributed by atoms with Crippen LogP contribution >= 0.6 is 0 Å². The Morgan fingerprint density at radius 3 is 0.952 bits per heavy atom. The topological polar surface area (TPSA) is 36.9 Å². The minimum atomic E-state index is -9.21. The highest BCUT2D eigenvalue weighted by Gasteiger charge is 2.90. The fourth-order valence-electron chi connectivity index (χ4n) is 3.31. The Morgan fingerprint density at radius 2 is 0.661 bits per heavy atom. The molecular formula is C24H12F34O4. The predicted octanol–water partition coefficient (Wildman–Crippen LogP) is 13.8. The van der Waals surface area contributed by atoms with Gasteiger partial charge in [-0.25, -0.2) is 32.1 Å². The Bertz CT molecular complexity index is 1610. The maximum absolute atomic E-state index is 13.8. The van der Waals surface area contributed by atoms with E-state index in [4.69, 9.17) is 0 Å². The Labute approximate surface area is 316 Å². The molecule has 62 heavy (non-hydrogen) atoms. The van der Waals surface area contributed by atoms with Crippen LogP contribution in [0.25, 0.3) is 0 Å². The number of ether oxygens (including phenoxy) is 4. The zero-order chi connectivity index (χ0) is 50.5. The van der Waals surface area contributed by atoms with Crippen molar-refractivity contribution in [2.45, 2.75) is 123 Å². The molecule has 0 aromatic carbocycles. The average molecular weight is 1010 g/mol. The van der Waals surface area contributed by atoms with E-state index in [1.54, 1.807) is 0 Å². The summed E-state index contributed by atoms with van der Waals surface area (Å²) in [6.45, 7) is 1.23. The van der Waals surface area contributed by atoms with Crippen molar-refractivity contribution in [1.29, 1.82) is 0 Å². The van der Waals surface area contributed by atoms with Gasteiger partial charge in [0.1, 0.15) is 0 Å². The molecule has 1 atom stereocenters. The summed E-state index contributed by atoms with van der Waals surface area (Å²) < 4.78 is 463. The van der Waals surface area contributed by atoms with Crippen molar-refractivity contribution >= 4 is 0 Å². The van der Waals surface area contributed by atoms with Gasteiger partial charge >= 0.3 is 90.5 Å². The fourth-order valence-corrected chi connectivity index (χ4v) is 3.31. The van der Waals surface area contributed by atoms with Crippen LogP contribution in [0.2, 0.25) is 0 Å². The number of halogens is 34. The second-order valence-corrected chi connectivity index (χ2v) is 11.2. The van der Waals surface area contributed by atoms with Crippen molar-refractivity contribution in [3.05, 3.63) is 23.6 Å². The van der Waals surface area contributed by atoms with Crippen LogP contribution in [0.5, 0.6) is 0 Å². The van der Waals surface area contributed by atoms with E-state index in [2.05, 4.69) is 0 Å². The van der Waals surface area contributed by atoms with Crippen molar-refractivity contribution in [3.8, 4) is 0 Å². The third-order valence-corrected chi connectivity index (χ3v) is 6.66. The van der Waals surface area contributed by atoms with E-state index >= 15 is 0 Å². The average Bonchev–Trinajstić information content (AvgIpc) is 3.04. The summed E-state index contributed by atoms with van der Waals surface area (Å²) in [6, 6.07) is 0. The molecular weight excluding hydrogens is 998 g/mol. The smallest absolute Gasteiger partial charge is 0.243 e. The highest BCUT2D eigenvalue weighted by molar-refractivity contribution is 5.29. The van der Waals surface area contributed by atoms with Crippen molar-refractivity contribution < 1.29 is 168 Å². The zero-order valence-corrected chi connectivity index (χ0v) is 27.9. The highest BCUT2D eigenvalue weighted by Crippen LogP contribution is 2.61. The van der Waals surface area contributed by atoms with Crippen molar-refractivity contribution in [1.82, 2.24) is 0 Å². The summed E-state index contributed by atoms with van der Waals surface area (Å²) in [7, 11) is 0. The summed E-state index contributed by atoms with van der Waals surface area (Å²) in [5, 5.41) is 0. The third-order valence-electron chi connectivity index (χ3n) is 6.66. The second-order valence-electron chi connectivity index (χ2n) is 11.2. The molecule has 1 unspecified atom stereocenters. The van der Waals surface area contributed by atoms with Gasteiger partial charge in [-0.2, -0.15) is 136 Å². The number of hydrogen-bond donors (Lipinski definition) is 0. The van der Waals surface area contributed by atoms with Crippen molar-refractivity contribution in [2.24, 2.45) is 0 Å². The monoisotopic (exact) mass is 1010 g/mol. The van der Waals surface area contributed by atoms with Gasteiger partial charge in [-0.15, -0.1) is 0 Å². The molecule has 0 aliphatic carbocycles. The molecule has 4 nitrogen and oxygen atoms in total. The fraction of sp³-hybridized carbons (Fsp3) is 0.833. The molecule has 0 aromatic rings. The molecule has 0 fully saturated rings. The second kappa shape index (κ2) is 17.4. The lowest BCUT2D eigenvalue weighted by Gasteiger charge is -2.40. The molecule has 0 spiro atoms. The van der Waals surface area contributed by atoms with Crippen molar-refractivity contribution in [3.63, 3.8) is 0 Å². The minimum Gasteiger partial charge on any atom is -0.243 e. The molecule has 0 heterocycles. The molecule has 0 aliphatic heterocycles. The first kappa shape index (κ1) is 58.9. The van der Waals surface area contributed by atoms with Gasteiger partial charge in [0.25, 0.3) is 0 Å². The van der Waals surface area contributed by atoms with Gasteiger partial charge in [0.15, 0.2) is 6.17 Å². The molecule has 0 aliphatic rings. The van der Waals surface area contributed by atoms with Gasteiger partial charge in [-0.3, -0.25) is 0 Å². The molecule has 0 saturated heterocycles. The lowest BCUT2D eigenvalue weighted by Crippen LogP contribution is -2.69. The van der Waals surface area contributed by atoms with Crippen LogP contribution < -0.4 is 0 Å². The summed E-state index contributed by atoms with van der Waals surface area (Å²) >= 11 is 0. The molecule has 0 amide bonds. The molecule has 0 aromatic heterocycles. The van der Waals surface area contributed by atoms with Crippen LogP contribution in [-0.4, -0.2) is 90.6 Å². The van der Waals surface area contributed by atoms with E-state index < -0.39 is 127 Å². The Hall–Kier alpha value is -3.06. The Balaban J connectivity index is 6.78. The highest BCUT2D eigenvalue weighted by atomic mass is 19.4. The molecule has 0 N–H and O–H groups in total. The van der Waals surface area contributed by atoms with E-state index in [9.17, 15) is 149 Å².